The number of anilines is 1. The SMILES string of the molecule is CCC(C)NC(=O)C(Cc1ccccc1)N(Cc1ccccc1F)C(=O)CCCN(c1cc(Cl)ccc1Cl)S(C)(=O)=O. The number of halogens is 3. The second-order valence-electron chi connectivity index (χ2n) is 10.2. The molecule has 0 aromatic heterocycles. The van der Waals surface area contributed by atoms with Crippen LogP contribution < -0.4 is 9.62 Å². The molecule has 3 aromatic rings. The summed E-state index contributed by atoms with van der Waals surface area (Å²) in [5, 5.41) is 3.48. The lowest BCUT2D eigenvalue weighted by molar-refractivity contribution is -0.141. The second kappa shape index (κ2) is 15.4. The summed E-state index contributed by atoms with van der Waals surface area (Å²) >= 11 is 12.4. The Balaban J connectivity index is 1.92. The van der Waals surface area contributed by atoms with Crippen LogP contribution in [0.4, 0.5) is 10.1 Å². The lowest BCUT2D eigenvalue weighted by Crippen LogP contribution is -2.52. The Bertz CT molecular complexity index is 1470. The van der Waals surface area contributed by atoms with Gasteiger partial charge in [0.1, 0.15) is 11.9 Å². The number of hydrogen-bond donors (Lipinski definition) is 1. The third kappa shape index (κ3) is 9.44. The van der Waals surface area contributed by atoms with Crippen molar-refractivity contribution < 1.29 is 22.4 Å². The van der Waals surface area contributed by atoms with Crippen LogP contribution in [0.2, 0.25) is 10.0 Å². The van der Waals surface area contributed by atoms with Gasteiger partial charge in [-0.2, -0.15) is 0 Å². The summed E-state index contributed by atoms with van der Waals surface area (Å²) < 4.78 is 41.2. The van der Waals surface area contributed by atoms with Crippen LogP contribution >= 0.6 is 23.2 Å². The summed E-state index contributed by atoms with van der Waals surface area (Å²) in [5.41, 5.74) is 1.31. The molecule has 7 nitrogen and oxygen atoms in total. The number of sulfonamides is 1. The van der Waals surface area contributed by atoms with E-state index in [2.05, 4.69) is 5.32 Å². The van der Waals surface area contributed by atoms with E-state index in [1.165, 1.54) is 23.1 Å². The normalized spacial score (nSPS) is 12.8. The molecule has 0 saturated carbocycles. The Morgan fingerprint density at radius 3 is 2.31 bits per heavy atom. The standard InChI is InChI=1S/C31H36Cl2FN3O4S/c1-4-22(2)35-31(39)29(19-23-11-6-5-7-12-23)36(21-24-13-8-9-14-27(24)34)30(38)15-10-18-37(42(3,40)41)28-20-25(32)16-17-26(28)33/h5-9,11-14,16-17,20,22,29H,4,10,15,18-19,21H2,1-3H3,(H,35,39). The van der Waals surface area contributed by atoms with Gasteiger partial charge in [0.25, 0.3) is 0 Å². The summed E-state index contributed by atoms with van der Waals surface area (Å²) in [6.45, 7) is 3.63. The van der Waals surface area contributed by atoms with E-state index in [-0.39, 0.29) is 60.6 Å². The molecule has 2 unspecified atom stereocenters. The van der Waals surface area contributed by atoms with E-state index in [1.807, 2.05) is 44.2 Å². The van der Waals surface area contributed by atoms with Gasteiger partial charge in [0.15, 0.2) is 0 Å². The van der Waals surface area contributed by atoms with Crippen LogP contribution in [0.5, 0.6) is 0 Å². The van der Waals surface area contributed by atoms with Crippen molar-refractivity contribution >= 4 is 50.7 Å². The molecule has 1 N–H and O–H groups in total. The molecule has 226 valence electrons. The van der Waals surface area contributed by atoms with Crippen LogP contribution in [0.15, 0.2) is 72.8 Å². The molecular weight excluding hydrogens is 600 g/mol. The molecule has 42 heavy (non-hydrogen) atoms. The number of carbonyl (C=O) groups excluding carboxylic acids is 2. The van der Waals surface area contributed by atoms with Gasteiger partial charge in [0.2, 0.25) is 21.8 Å². The first kappa shape index (κ1) is 33.4. The first-order valence-corrected chi connectivity index (χ1v) is 16.3. The molecule has 2 amide bonds. The zero-order valence-corrected chi connectivity index (χ0v) is 26.2. The molecule has 0 fully saturated rings. The minimum atomic E-state index is -3.76. The molecule has 0 spiro atoms. The molecule has 11 heteroatoms. The van der Waals surface area contributed by atoms with Crippen molar-refractivity contribution in [1.29, 1.82) is 0 Å². The first-order valence-electron chi connectivity index (χ1n) is 13.7. The van der Waals surface area contributed by atoms with Gasteiger partial charge in [-0.25, -0.2) is 12.8 Å². The van der Waals surface area contributed by atoms with E-state index in [9.17, 15) is 22.4 Å². The highest BCUT2D eigenvalue weighted by Gasteiger charge is 2.31. The van der Waals surface area contributed by atoms with E-state index in [4.69, 9.17) is 23.2 Å². The average Bonchev–Trinajstić information content (AvgIpc) is 2.95. The Morgan fingerprint density at radius 1 is 1.00 bits per heavy atom. The van der Waals surface area contributed by atoms with Gasteiger partial charge >= 0.3 is 0 Å². The molecule has 3 aromatic carbocycles. The van der Waals surface area contributed by atoms with Crippen molar-refractivity contribution in [2.45, 2.75) is 58.2 Å². The molecule has 0 aliphatic rings. The first-order chi connectivity index (χ1) is 19.9. The number of benzene rings is 3. The third-order valence-electron chi connectivity index (χ3n) is 6.90. The fourth-order valence-electron chi connectivity index (χ4n) is 4.46. The smallest absolute Gasteiger partial charge is 0.243 e. The highest BCUT2D eigenvalue weighted by Crippen LogP contribution is 2.31. The molecule has 3 rings (SSSR count). The van der Waals surface area contributed by atoms with Crippen LogP contribution in [0.1, 0.15) is 44.2 Å². The molecule has 0 aliphatic carbocycles. The number of carbonyl (C=O) groups is 2. The quantitative estimate of drug-likeness (QED) is 0.227. The minimum Gasteiger partial charge on any atom is -0.352 e. The largest absolute Gasteiger partial charge is 0.352 e. The van der Waals surface area contributed by atoms with E-state index < -0.39 is 27.8 Å². The zero-order valence-electron chi connectivity index (χ0n) is 23.9. The highest BCUT2D eigenvalue weighted by atomic mass is 35.5. The Labute approximate surface area is 257 Å². The monoisotopic (exact) mass is 635 g/mol. The summed E-state index contributed by atoms with van der Waals surface area (Å²) in [7, 11) is -3.76. The second-order valence-corrected chi connectivity index (χ2v) is 12.9. The molecule has 0 heterocycles. The third-order valence-corrected chi connectivity index (χ3v) is 8.63. The van der Waals surface area contributed by atoms with Gasteiger partial charge in [-0.15, -0.1) is 0 Å². The average molecular weight is 637 g/mol. The van der Waals surface area contributed by atoms with Crippen molar-refractivity contribution in [2.24, 2.45) is 0 Å². The summed E-state index contributed by atoms with van der Waals surface area (Å²) in [4.78, 5) is 28.8. The Hall–Kier alpha value is -3.14. The van der Waals surface area contributed by atoms with Gasteiger partial charge < -0.3 is 10.2 Å². The lowest BCUT2D eigenvalue weighted by Gasteiger charge is -2.33. The van der Waals surface area contributed by atoms with Crippen LogP contribution in [0, 0.1) is 5.82 Å². The van der Waals surface area contributed by atoms with E-state index in [1.54, 1.807) is 24.3 Å². The van der Waals surface area contributed by atoms with Crippen molar-refractivity contribution in [3.63, 3.8) is 0 Å². The zero-order chi connectivity index (χ0) is 30.9. The summed E-state index contributed by atoms with van der Waals surface area (Å²) in [5.74, 6) is -1.25. The van der Waals surface area contributed by atoms with Crippen LogP contribution in [-0.4, -0.2) is 50.0 Å². The maximum Gasteiger partial charge on any atom is 0.243 e. The Kier molecular flexibility index (Phi) is 12.2. The number of nitrogens with one attached hydrogen (secondary N) is 1. The molecular formula is C31H36Cl2FN3O4S. The van der Waals surface area contributed by atoms with Gasteiger partial charge in [-0.05, 0) is 49.6 Å². The molecule has 0 radical (unpaired) electrons. The number of nitrogens with zero attached hydrogens (tertiary/aromatic N) is 2. The van der Waals surface area contributed by atoms with Crippen molar-refractivity contribution in [1.82, 2.24) is 10.2 Å². The van der Waals surface area contributed by atoms with Crippen LogP contribution in [0.25, 0.3) is 0 Å². The molecule has 0 bridgehead atoms. The number of hydrogen-bond acceptors (Lipinski definition) is 4. The van der Waals surface area contributed by atoms with E-state index >= 15 is 0 Å². The van der Waals surface area contributed by atoms with E-state index in [0.29, 0.717) is 11.4 Å². The van der Waals surface area contributed by atoms with Gasteiger partial charge in [0.05, 0.1) is 17.0 Å². The van der Waals surface area contributed by atoms with Crippen LogP contribution in [0.3, 0.4) is 0 Å². The predicted molar refractivity (Wildman–Crippen MR) is 167 cm³/mol. The number of amides is 2. The van der Waals surface area contributed by atoms with E-state index in [0.717, 1.165) is 16.1 Å². The van der Waals surface area contributed by atoms with Gasteiger partial charge in [-0.1, -0.05) is 78.7 Å². The maximum atomic E-state index is 14.8. The van der Waals surface area contributed by atoms with Crippen molar-refractivity contribution in [3.8, 4) is 0 Å². The molecule has 0 aliphatic heterocycles. The van der Waals surface area contributed by atoms with Crippen molar-refractivity contribution in [2.75, 3.05) is 17.1 Å². The van der Waals surface area contributed by atoms with Gasteiger partial charge in [0, 0.05) is 42.6 Å². The molecule has 2 atom stereocenters. The molecule has 0 saturated heterocycles. The summed E-state index contributed by atoms with van der Waals surface area (Å²) in [6, 6.07) is 18.9. The van der Waals surface area contributed by atoms with Gasteiger partial charge in [-0.3, -0.25) is 13.9 Å². The minimum absolute atomic E-state index is 0.0550. The summed E-state index contributed by atoms with van der Waals surface area (Å²) in [6.07, 6.45) is 1.98. The highest BCUT2D eigenvalue weighted by molar-refractivity contribution is 7.92. The topological polar surface area (TPSA) is 86.8 Å². The van der Waals surface area contributed by atoms with Crippen LogP contribution in [-0.2, 0) is 32.6 Å². The predicted octanol–water partition coefficient (Wildman–Crippen LogP) is 6.23. The Morgan fingerprint density at radius 2 is 1.67 bits per heavy atom. The van der Waals surface area contributed by atoms with Crippen molar-refractivity contribution in [3.05, 3.63) is 99.8 Å². The lowest BCUT2D eigenvalue weighted by atomic mass is 10.0. The fraction of sp³-hybridized carbons (Fsp3) is 0.355. The number of rotatable bonds is 14. The maximum absolute atomic E-state index is 14.8. The fourth-order valence-corrected chi connectivity index (χ4v) is 5.87.